The van der Waals surface area contributed by atoms with Gasteiger partial charge in [-0.25, -0.2) is 13.1 Å². The van der Waals surface area contributed by atoms with Crippen LogP contribution in [0, 0.1) is 13.8 Å². The molecule has 1 aromatic carbocycles. The van der Waals surface area contributed by atoms with Crippen molar-refractivity contribution in [3.8, 4) is 11.5 Å². The highest BCUT2D eigenvalue weighted by atomic mass is 32.2. The molecule has 0 saturated heterocycles. The number of furan rings is 1. The molecule has 6 heteroatoms. The van der Waals surface area contributed by atoms with Gasteiger partial charge in [-0.3, -0.25) is 4.98 Å². The second-order valence-electron chi connectivity index (χ2n) is 5.62. The van der Waals surface area contributed by atoms with Crippen LogP contribution in [0.15, 0.2) is 64.2 Å². The molecule has 0 aliphatic carbocycles. The van der Waals surface area contributed by atoms with Crippen LogP contribution < -0.4 is 4.72 Å². The fourth-order valence-electron chi connectivity index (χ4n) is 2.40. The maximum Gasteiger partial charge on any atom is 0.241 e. The first-order valence-corrected chi connectivity index (χ1v) is 9.00. The van der Waals surface area contributed by atoms with Gasteiger partial charge in [-0.2, -0.15) is 0 Å². The first-order valence-electron chi connectivity index (χ1n) is 7.51. The predicted octanol–water partition coefficient (Wildman–Crippen LogP) is 3.44. The Labute approximate surface area is 141 Å². The van der Waals surface area contributed by atoms with Gasteiger partial charge in [0.05, 0.1) is 11.2 Å². The minimum Gasteiger partial charge on any atom is -0.463 e. The largest absolute Gasteiger partial charge is 0.463 e. The maximum atomic E-state index is 12.5. The fraction of sp³-hybridized carbons (Fsp3) is 0.167. The lowest BCUT2D eigenvalue weighted by atomic mass is 10.2. The van der Waals surface area contributed by atoms with Gasteiger partial charge in [0.15, 0.2) is 5.76 Å². The van der Waals surface area contributed by atoms with Crippen LogP contribution in [0.4, 0.5) is 0 Å². The highest BCUT2D eigenvalue weighted by molar-refractivity contribution is 7.89. The topological polar surface area (TPSA) is 72.2 Å². The fourth-order valence-corrected chi connectivity index (χ4v) is 3.74. The van der Waals surface area contributed by atoms with Gasteiger partial charge >= 0.3 is 0 Å². The van der Waals surface area contributed by atoms with E-state index >= 15 is 0 Å². The van der Waals surface area contributed by atoms with Crippen LogP contribution >= 0.6 is 0 Å². The number of hydrogen-bond donors (Lipinski definition) is 1. The number of aryl methyl sites for hydroxylation is 2. The molecule has 0 radical (unpaired) electrons. The van der Waals surface area contributed by atoms with Crippen molar-refractivity contribution in [2.24, 2.45) is 0 Å². The molecule has 0 bridgehead atoms. The molecule has 3 aromatic rings. The second kappa shape index (κ2) is 6.59. The molecule has 0 aliphatic heterocycles. The van der Waals surface area contributed by atoms with Crippen molar-refractivity contribution in [2.75, 3.05) is 0 Å². The van der Waals surface area contributed by atoms with Crippen molar-refractivity contribution in [2.45, 2.75) is 25.3 Å². The Hall–Kier alpha value is -2.44. The van der Waals surface area contributed by atoms with Gasteiger partial charge in [0.1, 0.15) is 5.69 Å². The summed E-state index contributed by atoms with van der Waals surface area (Å²) < 4.78 is 33.1. The Bertz CT molecular complexity index is 948. The monoisotopic (exact) mass is 342 g/mol. The van der Waals surface area contributed by atoms with Gasteiger partial charge in [0.2, 0.25) is 10.0 Å². The van der Waals surface area contributed by atoms with Crippen LogP contribution in [0.5, 0.6) is 0 Å². The van der Waals surface area contributed by atoms with E-state index in [4.69, 9.17) is 4.42 Å². The Kier molecular flexibility index (Phi) is 4.51. The van der Waals surface area contributed by atoms with Crippen LogP contribution in [-0.2, 0) is 16.6 Å². The Morgan fingerprint density at radius 2 is 1.96 bits per heavy atom. The number of nitrogens with one attached hydrogen (secondary N) is 1. The molecular weight excluding hydrogens is 324 g/mol. The van der Waals surface area contributed by atoms with Crippen molar-refractivity contribution in [1.82, 2.24) is 9.71 Å². The quantitative estimate of drug-likeness (QED) is 0.771. The zero-order valence-corrected chi connectivity index (χ0v) is 14.3. The third-order valence-corrected chi connectivity index (χ3v) is 5.24. The minimum absolute atomic E-state index is 0.186. The molecule has 0 atom stereocenters. The summed E-state index contributed by atoms with van der Waals surface area (Å²) in [7, 11) is -3.57. The first kappa shape index (κ1) is 16.4. The summed E-state index contributed by atoms with van der Waals surface area (Å²) in [4.78, 5) is 4.55. The minimum atomic E-state index is -3.57. The van der Waals surface area contributed by atoms with E-state index in [2.05, 4.69) is 9.71 Å². The van der Waals surface area contributed by atoms with Crippen LogP contribution in [0.25, 0.3) is 11.5 Å². The molecule has 0 aliphatic rings. The summed E-state index contributed by atoms with van der Waals surface area (Å²) in [6.07, 6.45) is 3.21. The second-order valence-corrected chi connectivity index (χ2v) is 7.36. The number of pyridine rings is 1. The molecule has 2 aromatic heterocycles. The van der Waals surface area contributed by atoms with Crippen molar-refractivity contribution in [3.05, 3.63) is 71.6 Å². The summed E-state index contributed by atoms with van der Waals surface area (Å²) in [6.45, 7) is 3.85. The van der Waals surface area contributed by atoms with Gasteiger partial charge in [0, 0.05) is 12.7 Å². The Morgan fingerprint density at radius 1 is 1.12 bits per heavy atom. The summed E-state index contributed by atoms with van der Waals surface area (Å²) in [5.74, 6) is 0.647. The number of benzene rings is 1. The van der Waals surface area contributed by atoms with Crippen LogP contribution in [0.1, 0.15) is 16.7 Å². The number of hydrogen-bond acceptors (Lipinski definition) is 4. The molecule has 0 unspecified atom stereocenters. The molecule has 0 saturated carbocycles. The third kappa shape index (κ3) is 3.55. The summed E-state index contributed by atoms with van der Waals surface area (Å²) in [6, 6.07) is 12.6. The number of aromatic nitrogens is 1. The zero-order chi connectivity index (χ0) is 17.2. The van der Waals surface area contributed by atoms with Gasteiger partial charge < -0.3 is 4.42 Å². The Morgan fingerprint density at radius 3 is 2.71 bits per heavy atom. The van der Waals surface area contributed by atoms with E-state index in [1.54, 1.807) is 37.6 Å². The zero-order valence-electron chi connectivity index (χ0n) is 13.5. The lowest BCUT2D eigenvalue weighted by molar-refractivity contribution is 0.579. The molecule has 0 spiro atoms. The lowest BCUT2D eigenvalue weighted by Gasteiger charge is -2.10. The molecule has 24 heavy (non-hydrogen) atoms. The lowest BCUT2D eigenvalue weighted by Crippen LogP contribution is -2.24. The SMILES string of the molecule is Cc1ccc(C)c(S(=O)(=O)NCc2ccnc(-c3ccco3)c2)c1. The number of rotatable bonds is 5. The van der Waals surface area contributed by atoms with E-state index in [0.29, 0.717) is 16.3 Å². The number of nitrogens with zero attached hydrogens (tertiary/aromatic N) is 1. The van der Waals surface area contributed by atoms with Gasteiger partial charge in [0.25, 0.3) is 0 Å². The third-order valence-electron chi connectivity index (χ3n) is 3.70. The number of sulfonamides is 1. The molecule has 0 fully saturated rings. The highest BCUT2D eigenvalue weighted by Crippen LogP contribution is 2.19. The molecule has 1 N–H and O–H groups in total. The van der Waals surface area contributed by atoms with E-state index in [1.807, 2.05) is 31.2 Å². The van der Waals surface area contributed by atoms with Crippen LogP contribution in [0.3, 0.4) is 0 Å². The molecule has 2 heterocycles. The smallest absolute Gasteiger partial charge is 0.241 e. The molecule has 124 valence electrons. The van der Waals surface area contributed by atoms with E-state index < -0.39 is 10.0 Å². The van der Waals surface area contributed by atoms with Crippen molar-refractivity contribution in [3.63, 3.8) is 0 Å². The molecular formula is C18H18N2O3S. The average molecular weight is 342 g/mol. The van der Waals surface area contributed by atoms with Crippen molar-refractivity contribution >= 4 is 10.0 Å². The van der Waals surface area contributed by atoms with Crippen molar-refractivity contribution in [1.29, 1.82) is 0 Å². The first-order chi connectivity index (χ1) is 11.5. The summed E-state index contributed by atoms with van der Waals surface area (Å²) >= 11 is 0. The van der Waals surface area contributed by atoms with Gasteiger partial charge in [-0.15, -0.1) is 0 Å². The van der Waals surface area contributed by atoms with E-state index in [0.717, 1.165) is 16.7 Å². The van der Waals surface area contributed by atoms with E-state index in [1.165, 1.54) is 0 Å². The maximum absolute atomic E-state index is 12.5. The standard InChI is InChI=1S/C18H18N2O3S/c1-13-5-6-14(2)18(10-13)24(21,22)20-12-15-7-8-19-16(11-15)17-4-3-9-23-17/h3-11,20H,12H2,1-2H3. The van der Waals surface area contributed by atoms with Gasteiger partial charge in [-0.1, -0.05) is 12.1 Å². The highest BCUT2D eigenvalue weighted by Gasteiger charge is 2.16. The van der Waals surface area contributed by atoms with Crippen LogP contribution in [0.2, 0.25) is 0 Å². The van der Waals surface area contributed by atoms with Gasteiger partial charge in [-0.05, 0) is 60.9 Å². The molecule has 5 nitrogen and oxygen atoms in total. The summed E-state index contributed by atoms with van der Waals surface area (Å²) in [5.41, 5.74) is 3.11. The Balaban J connectivity index is 1.80. The normalized spacial score (nSPS) is 11.6. The average Bonchev–Trinajstić information content (AvgIpc) is 3.10. The van der Waals surface area contributed by atoms with E-state index in [9.17, 15) is 8.42 Å². The predicted molar refractivity (Wildman–Crippen MR) is 91.9 cm³/mol. The van der Waals surface area contributed by atoms with Crippen LogP contribution in [-0.4, -0.2) is 13.4 Å². The molecule has 3 rings (SSSR count). The van der Waals surface area contributed by atoms with E-state index in [-0.39, 0.29) is 6.54 Å². The van der Waals surface area contributed by atoms with Crippen molar-refractivity contribution < 1.29 is 12.8 Å². The summed E-state index contributed by atoms with van der Waals surface area (Å²) in [5, 5.41) is 0. The molecule has 0 amide bonds.